The molecule has 0 aliphatic heterocycles. The van der Waals surface area contributed by atoms with Crippen LogP contribution in [-0.4, -0.2) is 50.5 Å². The van der Waals surface area contributed by atoms with E-state index < -0.39 is 34.3 Å². The Bertz CT molecular complexity index is 1370. The van der Waals surface area contributed by atoms with Gasteiger partial charge in [0.1, 0.15) is 18.4 Å². The first-order valence-corrected chi connectivity index (χ1v) is 14.4. The van der Waals surface area contributed by atoms with Gasteiger partial charge in [0.05, 0.1) is 17.0 Å². The number of halogens is 3. The number of sulfonamides is 1. The van der Waals surface area contributed by atoms with Crippen LogP contribution in [0, 0.1) is 5.82 Å². The number of carbonyl (C=O) groups is 2. The maximum atomic E-state index is 13.8. The number of carbonyl (C=O) groups excluding carboxylic acids is 2. The lowest BCUT2D eigenvalue weighted by atomic mass is 10.0. The maximum absolute atomic E-state index is 13.8. The molecule has 0 aliphatic carbocycles. The number of rotatable bonds is 11. The van der Waals surface area contributed by atoms with Crippen molar-refractivity contribution < 1.29 is 22.4 Å². The molecule has 7 nitrogen and oxygen atoms in total. The third-order valence-electron chi connectivity index (χ3n) is 5.76. The van der Waals surface area contributed by atoms with Gasteiger partial charge in [0.25, 0.3) is 0 Å². The predicted molar refractivity (Wildman–Crippen MR) is 148 cm³/mol. The minimum atomic E-state index is -3.98. The molecular formula is C27H28Cl2FN3O4S. The van der Waals surface area contributed by atoms with E-state index in [1.165, 1.54) is 11.0 Å². The van der Waals surface area contributed by atoms with Crippen LogP contribution in [0.15, 0.2) is 72.8 Å². The zero-order valence-electron chi connectivity index (χ0n) is 20.9. The fourth-order valence-corrected chi connectivity index (χ4v) is 5.03. The van der Waals surface area contributed by atoms with Gasteiger partial charge < -0.3 is 10.2 Å². The molecule has 3 aromatic rings. The largest absolute Gasteiger partial charge is 0.355 e. The molecule has 3 rings (SSSR count). The molecular weight excluding hydrogens is 552 g/mol. The summed E-state index contributed by atoms with van der Waals surface area (Å²) >= 11 is 11.9. The highest BCUT2D eigenvalue weighted by molar-refractivity contribution is 7.92. The second kappa shape index (κ2) is 13.1. The number of likely N-dealkylation sites (N-methyl/N-ethyl adjacent to an activating group) is 1. The molecule has 0 saturated carbocycles. The van der Waals surface area contributed by atoms with E-state index in [-0.39, 0.29) is 29.6 Å². The van der Waals surface area contributed by atoms with Gasteiger partial charge >= 0.3 is 0 Å². The molecule has 0 spiro atoms. The first kappa shape index (κ1) is 29.4. The van der Waals surface area contributed by atoms with Crippen molar-refractivity contribution in [3.8, 4) is 0 Å². The average Bonchev–Trinajstić information content (AvgIpc) is 2.87. The van der Waals surface area contributed by atoms with Gasteiger partial charge in [-0.2, -0.15) is 0 Å². The van der Waals surface area contributed by atoms with Gasteiger partial charge in [0.2, 0.25) is 21.8 Å². The summed E-state index contributed by atoms with van der Waals surface area (Å²) in [5.74, 6) is -1.73. The van der Waals surface area contributed by atoms with Crippen molar-refractivity contribution in [1.82, 2.24) is 10.2 Å². The predicted octanol–water partition coefficient (Wildman–Crippen LogP) is 4.67. The van der Waals surface area contributed by atoms with Gasteiger partial charge in [-0.3, -0.25) is 13.9 Å². The standard InChI is InChI=1S/C27H28Cl2FN3O4S/c1-3-31-27(35)25(15-19-7-5-4-6-8-19)32(17-20-9-11-21(28)12-10-20)26(34)18-33(38(2,36)37)22-13-14-24(30)23(29)16-22/h4-14,16,25H,3,15,17-18H2,1-2H3,(H,31,35). The highest BCUT2D eigenvalue weighted by atomic mass is 35.5. The van der Waals surface area contributed by atoms with Crippen LogP contribution in [0.3, 0.4) is 0 Å². The van der Waals surface area contributed by atoms with Crippen LogP contribution >= 0.6 is 23.2 Å². The summed E-state index contributed by atoms with van der Waals surface area (Å²) in [5, 5.41) is 3.00. The molecule has 1 unspecified atom stereocenters. The van der Waals surface area contributed by atoms with Gasteiger partial charge in [-0.25, -0.2) is 12.8 Å². The van der Waals surface area contributed by atoms with E-state index in [1.54, 1.807) is 31.2 Å². The summed E-state index contributed by atoms with van der Waals surface area (Å²) in [7, 11) is -3.98. The lowest BCUT2D eigenvalue weighted by molar-refractivity contribution is -0.140. The van der Waals surface area contributed by atoms with E-state index >= 15 is 0 Å². The fourth-order valence-electron chi connectivity index (χ4n) is 3.89. The molecule has 0 radical (unpaired) electrons. The molecule has 0 saturated heterocycles. The van der Waals surface area contributed by atoms with Crippen LogP contribution < -0.4 is 9.62 Å². The van der Waals surface area contributed by atoms with Crippen molar-refractivity contribution in [3.05, 3.63) is 99.8 Å². The Kier molecular flexibility index (Phi) is 10.1. The van der Waals surface area contributed by atoms with E-state index in [4.69, 9.17) is 23.2 Å². The highest BCUT2D eigenvalue weighted by Crippen LogP contribution is 2.25. The molecule has 2 amide bonds. The lowest BCUT2D eigenvalue weighted by Crippen LogP contribution is -2.53. The van der Waals surface area contributed by atoms with Gasteiger partial charge in [0.15, 0.2) is 0 Å². The Morgan fingerprint density at radius 3 is 2.21 bits per heavy atom. The van der Waals surface area contributed by atoms with Crippen LogP contribution in [-0.2, 0) is 32.6 Å². The van der Waals surface area contributed by atoms with Gasteiger partial charge in [-0.1, -0.05) is 65.7 Å². The molecule has 0 fully saturated rings. The Labute approximate surface area is 232 Å². The molecule has 11 heteroatoms. The second-order valence-electron chi connectivity index (χ2n) is 8.62. The molecule has 3 aromatic carbocycles. The normalized spacial score (nSPS) is 12.0. The maximum Gasteiger partial charge on any atom is 0.244 e. The van der Waals surface area contributed by atoms with Crippen molar-refractivity contribution in [1.29, 1.82) is 0 Å². The van der Waals surface area contributed by atoms with E-state index in [0.717, 1.165) is 28.3 Å². The van der Waals surface area contributed by atoms with Crippen LogP contribution in [0.2, 0.25) is 10.0 Å². The Morgan fingerprint density at radius 1 is 0.974 bits per heavy atom. The monoisotopic (exact) mass is 579 g/mol. The molecule has 0 heterocycles. The number of benzene rings is 3. The van der Waals surface area contributed by atoms with E-state index in [9.17, 15) is 22.4 Å². The summed E-state index contributed by atoms with van der Waals surface area (Å²) in [6.07, 6.45) is 1.14. The molecule has 38 heavy (non-hydrogen) atoms. The molecule has 1 atom stereocenters. The first-order valence-electron chi connectivity index (χ1n) is 11.8. The number of anilines is 1. The number of amides is 2. The van der Waals surface area contributed by atoms with E-state index in [1.807, 2.05) is 30.3 Å². The summed E-state index contributed by atoms with van der Waals surface area (Å²) in [6, 6.07) is 18.4. The van der Waals surface area contributed by atoms with Crippen molar-refractivity contribution in [2.45, 2.75) is 25.9 Å². The summed E-state index contributed by atoms with van der Waals surface area (Å²) in [4.78, 5) is 28.5. The lowest BCUT2D eigenvalue weighted by Gasteiger charge is -2.33. The molecule has 0 bridgehead atoms. The van der Waals surface area contributed by atoms with Crippen molar-refractivity contribution >= 4 is 50.7 Å². The number of hydrogen-bond donors (Lipinski definition) is 1. The summed E-state index contributed by atoms with van der Waals surface area (Å²) < 4.78 is 40.0. The Morgan fingerprint density at radius 2 is 1.63 bits per heavy atom. The van der Waals surface area contributed by atoms with Crippen LogP contribution in [0.25, 0.3) is 0 Å². The van der Waals surface area contributed by atoms with Crippen molar-refractivity contribution in [2.75, 3.05) is 23.7 Å². The Balaban J connectivity index is 2.04. The van der Waals surface area contributed by atoms with Gasteiger partial charge in [-0.05, 0) is 48.4 Å². The van der Waals surface area contributed by atoms with E-state index in [2.05, 4.69) is 5.32 Å². The minimum Gasteiger partial charge on any atom is -0.355 e. The molecule has 1 N–H and O–H groups in total. The van der Waals surface area contributed by atoms with E-state index in [0.29, 0.717) is 17.1 Å². The molecule has 202 valence electrons. The number of nitrogens with one attached hydrogen (secondary N) is 1. The van der Waals surface area contributed by atoms with Crippen molar-refractivity contribution in [3.63, 3.8) is 0 Å². The number of hydrogen-bond acceptors (Lipinski definition) is 4. The third-order valence-corrected chi connectivity index (χ3v) is 7.44. The zero-order chi connectivity index (χ0) is 27.9. The van der Waals surface area contributed by atoms with Gasteiger partial charge in [0, 0.05) is 24.5 Å². The average molecular weight is 581 g/mol. The summed E-state index contributed by atoms with van der Waals surface area (Å²) in [6.45, 7) is 1.51. The van der Waals surface area contributed by atoms with Crippen LogP contribution in [0.1, 0.15) is 18.1 Å². The first-order chi connectivity index (χ1) is 18.0. The number of nitrogens with zero attached hydrogens (tertiary/aromatic N) is 2. The topological polar surface area (TPSA) is 86.8 Å². The SMILES string of the molecule is CCNC(=O)C(Cc1ccccc1)N(Cc1ccc(Cl)cc1)C(=O)CN(c1ccc(F)c(Cl)c1)S(C)(=O)=O. The quantitative estimate of drug-likeness (QED) is 0.357. The Hall–Kier alpha value is -3.14. The molecule has 0 aliphatic rings. The van der Waals surface area contributed by atoms with Crippen LogP contribution in [0.4, 0.5) is 10.1 Å². The fraction of sp³-hybridized carbons (Fsp3) is 0.259. The second-order valence-corrected chi connectivity index (χ2v) is 11.4. The third kappa shape index (κ3) is 7.93. The van der Waals surface area contributed by atoms with Crippen molar-refractivity contribution in [2.24, 2.45) is 0 Å². The highest BCUT2D eigenvalue weighted by Gasteiger charge is 2.33. The minimum absolute atomic E-state index is 0.0203. The molecule has 0 aromatic heterocycles. The smallest absolute Gasteiger partial charge is 0.244 e. The zero-order valence-corrected chi connectivity index (χ0v) is 23.2. The van der Waals surface area contributed by atoms with Crippen LogP contribution in [0.5, 0.6) is 0 Å². The summed E-state index contributed by atoms with van der Waals surface area (Å²) in [5.41, 5.74) is 1.54. The van der Waals surface area contributed by atoms with Gasteiger partial charge in [-0.15, -0.1) is 0 Å².